The lowest BCUT2D eigenvalue weighted by atomic mass is 10.2. The molecule has 0 aromatic heterocycles. The summed E-state index contributed by atoms with van der Waals surface area (Å²) in [6.45, 7) is 3.94. The molecule has 3 unspecified atom stereocenters. The van der Waals surface area contributed by atoms with E-state index in [4.69, 9.17) is 0 Å². The Morgan fingerprint density at radius 3 is 2.35 bits per heavy atom. The second kappa shape index (κ2) is 7.26. The highest BCUT2D eigenvalue weighted by atomic mass is 16.5. The summed E-state index contributed by atoms with van der Waals surface area (Å²) in [6, 6.07) is 6.57. The minimum Gasteiger partial charge on any atom is -0.465 e. The smallest absolute Gasteiger partial charge is 0.337 e. The first kappa shape index (κ1) is 17.0. The molecular formula is C17H22N2O4. The van der Waals surface area contributed by atoms with Crippen LogP contribution in [0.1, 0.15) is 37.0 Å². The molecule has 1 aromatic carbocycles. The highest BCUT2D eigenvalue weighted by molar-refractivity contribution is 6.00. The Kier molecular flexibility index (Phi) is 5.36. The third-order valence-corrected chi connectivity index (χ3v) is 4.04. The summed E-state index contributed by atoms with van der Waals surface area (Å²) in [7, 11) is 1.32. The van der Waals surface area contributed by atoms with Crippen molar-refractivity contribution in [2.24, 2.45) is 11.8 Å². The monoisotopic (exact) mass is 318 g/mol. The van der Waals surface area contributed by atoms with Crippen LogP contribution in [0, 0.1) is 11.8 Å². The van der Waals surface area contributed by atoms with E-state index in [1.54, 1.807) is 24.3 Å². The van der Waals surface area contributed by atoms with E-state index < -0.39 is 5.97 Å². The number of hydrogen-bond acceptors (Lipinski definition) is 4. The average Bonchev–Trinajstić information content (AvgIpc) is 3.35. The first-order chi connectivity index (χ1) is 11.0. The van der Waals surface area contributed by atoms with Crippen LogP contribution in [0.15, 0.2) is 24.3 Å². The molecule has 124 valence electrons. The molecule has 0 radical (unpaired) electrons. The van der Waals surface area contributed by atoms with Gasteiger partial charge in [0.15, 0.2) is 0 Å². The topological polar surface area (TPSA) is 84.5 Å². The van der Waals surface area contributed by atoms with Crippen molar-refractivity contribution in [3.05, 3.63) is 29.8 Å². The first-order valence-corrected chi connectivity index (χ1v) is 7.75. The van der Waals surface area contributed by atoms with Crippen molar-refractivity contribution in [3.8, 4) is 0 Å². The number of rotatable bonds is 6. The molecule has 0 saturated heterocycles. The number of hydrogen-bond donors (Lipinski definition) is 2. The van der Waals surface area contributed by atoms with Crippen molar-refractivity contribution >= 4 is 23.5 Å². The van der Waals surface area contributed by atoms with Gasteiger partial charge in [0.1, 0.15) is 0 Å². The van der Waals surface area contributed by atoms with Crippen molar-refractivity contribution in [1.82, 2.24) is 5.32 Å². The number of esters is 1. The van der Waals surface area contributed by atoms with E-state index in [1.165, 1.54) is 7.11 Å². The van der Waals surface area contributed by atoms with Gasteiger partial charge in [-0.25, -0.2) is 4.79 Å². The second-order valence-corrected chi connectivity index (χ2v) is 5.82. The fraction of sp³-hybridized carbons (Fsp3) is 0.471. The van der Waals surface area contributed by atoms with Crippen molar-refractivity contribution in [3.63, 3.8) is 0 Å². The number of methoxy groups -OCH3 is 1. The zero-order valence-electron chi connectivity index (χ0n) is 13.6. The van der Waals surface area contributed by atoms with Gasteiger partial charge in [-0.05, 0) is 44.0 Å². The maximum Gasteiger partial charge on any atom is 0.337 e. The Balaban J connectivity index is 1.86. The molecule has 2 N–H and O–H groups in total. The largest absolute Gasteiger partial charge is 0.465 e. The van der Waals surface area contributed by atoms with Crippen LogP contribution in [0.25, 0.3) is 0 Å². The Morgan fingerprint density at radius 1 is 1.17 bits per heavy atom. The highest BCUT2D eigenvalue weighted by Gasteiger charge is 2.48. The number of carbonyl (C=O) groups is 3. The summed E-state index contributed by atoms with van der Waals surface area (Å²) in [5.74, 6) is -1.16. The Hall–Kier alpha value is -2.37. The van der Waals surface area contributed by atoms with Crippen molar-refractivity contribution in [1.29, 1.82) is 0 Å². The van der Waals surface area contributed by atoms with Crippen LogP contribution in [-0.2, 0) is 14.3 Å². The summed E-state index contributed by atoms with van der Waals surface area (Å²) >= 11 is 0. The Morgan fingerprint density at radius 2 is 1.78 bits per heavy atom. The van der Waals surface area contributed by atoms with Gasteiger partial charge in [0.25, 0.3) is 0 Å². The summed E-state index contributed by atoms with van der Waals surface area (Å²) in [5, 5.41) is 5.67. The van der Waals surface area contributed by atoms with Crippen LogP contribution in [-0.4, -0.2) is 30.9 Å². The van der Waals surface area contributed by atoms with Gasteiger partial charge in [0.2, 0.25) is 11.8 Å². The lowest BCUT2D eigenvalue weighted by Gasteiger charge is -2.11. The summed E-state index contributed by atoms with van der Waals surface area (Å²) in [5.41, 5.74) is 1.01. The SMILES string of the molecule is CCC(C)NC(=O)C1CC1C(=O)Nc1ccc(C(=O)OC)cc1. The number of anilines is 1. The Bertz CT molecular complexity index is 597. The molecule has 1 aliphatic carbocycles. The first-order valence-electron chi connectivity index (χ1n) is 7.75. The van der Waals surface area contributed by atoms with E-state index in [0.717, 1.165) is 6.42 Å². The number of carbonyl (C=O) groups excluding carboxylic acids is 3. The quantitative estimate of drug-likeness (QED) is 0.785. The lowest BCUT2D eigenvalue weighted by Crippen LogP contribution is -2.34. The molecule has 2 amide bonds. The standard InChI is InChI=1S/C17H22N2O4/c1-4-10(2)18-15(20)13-9-14(13)16(21)19-12-7-5-11(6-8-12)17(22)23-3/h5-8,10,13-14H,4,9H2,1-3H3,(H,18,20)(H,19,21). The molecule has 6 heteroatoms. The second-order valence-electron chi connectivity index (χ2n) is 5.82. The van der Waals surface area contributed by atoms with E-state index in [9.17, 15) is 14.4 Å². The van der Waals surface area contributed by atoms with Crippen LogP contribution in [0.2, 0.25) is 0 Å². The zero-order chi connectivity index (χ0) is 17.0. The van der Waals surface area contributed by atoms with E-state index >= 15 is 0 Å². The van der Waals surface area contributed by atoms with Gasteiger partial charge in [-0.2, -0.15) is 0 Å². The predicted octanol–water partition coefficient (Wildman–Crippen LogP) is 1.96. The predicted molar refractivity (Wildman–Crippen MR) is 85.9 cm³/mol. The van der Waals surface area contributed by atoms with Crippen LogP contribution in [0.3, 0.4) is 0 Å². The highest BCUT2D eigenvalue weighted by Crippen LogP contribution is 2.39. The van der Waals surface area contributed by atoms with Gasteiger partial charge in [0, 0.05) is 11.7 Å². The number of nitrogens with one attached hydrogen (secondary N) is 2. The molecule has 3 atom stereocenters. The van der Waals surface area contributed by atoms with E-state index in [-0.39, 0.29) is 29.7 Å². The van der Waals surface area contributed by atoms with Crippen molar-refractivity contribution in [2.75, 3.05) is 12.4 Å². The third-order valence-electron chi connectivity index (χ3n) is 4.04. The van der Waals surface area contributed by atoms with E-state index in [0.29, 0.717) is 17.7 Å². The molecule has 2 rings (SSSR count). The average molecular weight is 318 g/mol. The Labute approximate surface area is 135 Å². The van der Waals surface area contributed by atoms with Crippen LogP contribution >= 0.6 is 0 Å². The number of benzene rings is 1. The maximum absolute atomic E-state index is 12.1. The molecule has 1 saturated carbocycles. The van der Waals surface area contributed by atoms with Gasteiger partial charge in [-0.15, -0.1) is 0 Å². The summed E-state index contributed by atoms with van der Waals surface area (Å²) in [6.07, 6.45) is 1.44. The molecule has 0 aliphatic heterocycles. The molecule has 1 aliphatic rings. The van der Waals surface area contributed by atoms with Crippen LogP contribution in [0.4, 0.5) is 5.69 Å². The lowest BCUT2D eigenvalue weighted by molar-refractivity contribution is -0.125. The molecule has 23 heavy (non-hydrogen) atoms. The molecule has 0 heterocycles. The fourth-order valence-corrected chi connectivity index (χ4v) is 2.27. The molecule has 0 bridgehead atoms. The number of ether oxygens (including phenoxy) is 1. The van der Waals surface area contributed by atoms with Crippen LogP contribution < -0.4 is 10.6 Å². The van der Waals surface area contributed by atoms with E-state index in [2.05, 4.69) is 15.4 Å². The van der Waals surface area contributed by atoms with E-state index in [1.807, 2.05) is 13.8 Å². The van der Waals surface area contributed by atoms with Gasteiger partial charge in [-0.1, -0.05) is 6.92 Å². The molecule has 1 aromatic rings. The minimum absolute atomic E-state index is 0.0551. The van der Waals surface area contributed by atoms with Gasteiger partial charge >= 0.3 is 5.97 Å². The van der Waals surface area contributed by atoms with Crippen molar-refractivity contribution < 1.29 is 19.1 Å². The molecular weight excluding hydrogens is 296 g/mol. The maximum atomic E-state index is 12.1. The molecule has 0 spiro atoms. The summed E-state index contributed by atoms with van der Waals surface area (Å²) in [4.78, 5) is 35.4. The van der Waals surface area contributed by atoms with Gasteiger partial charge < -0.3 is 15.4 Å². The van der Waals surface area contributed by atoms with Crippen molar-refractivity contribution in [2.45, 2.75) is 32.7 Å². The summed E-state index contributed by atoms with van der Waals surface area (Å²) < 4.78 is 4.62. The van der Waals surface area contributed by atoms with Crippen LogP contribution in [0.5, 0.6) is 0 Å². The fourth-order valence-electron chi connectivity index (χ4n) is 2.27. The minimum atomic E-state index is -0.424. The number of amides is 2. The third kappa shape index (κ3) is 4.31. The normalized spacial score (nSPS) is 20.3. The van der Waals surface area contributed by atoms with Gasteiger partial charge in [-0.3, -0.25) is 9.59 Å². The molecule has 6 nitrogen and oxygen atoms in total. The van der Waals surface area contributed by atoms with Gasteiger partial charge in [0.05, 0.1) is 24.5 Å². The zero-order valence-corrected chi connectivity index (χ0v) is 13.6. The molecule has 1 fully saturated rings.